The summed E-state index contributed by atoms with van der Waals surface area (Å²) in [6, 6.07) is 0. The third-order valence-corrected chi connectivity index (χ3v) is 12.7. The fourth-order valence-electron chi connectivity index (χ4n) is 7.83. The molecule has 0 aromatic rings. The lowest BCUT2D eigenvalue weighted by atomic mass is 10.1. The number of likely N-dealkylation sites (N-methyl/N-ethyl adjacent to an activating group) is 1. The molecule has 0 saturated carbocycles. The van der Waals surface area contributed by atoms with Crippen molar-refractivity contribution >= 4 is 17.9 Å². The van der Waals surface area contributed by atoms with Gasteiger partial charge in [0, 0.05) is 12.8 Å². The summed E-state index contributed by atoms with van der Waals surface area (Å²) < 4.78 is 22.9. The van der Waals surface area contributed by atoms with Crippen LogP contribution in [-0.4, -0.2) is 87.4 Å². The Morgan fingerprint density at radius 3 is 0.964 bits per heavy atom. The molecule has 0 amide bonds. The van der Waals surface area contributed by atoms with E-state index in [2.05, 4.69) is 196 Å². The topological polar surface area (TPSA) is 108 Å². The zero-order valence-electron chi connectivity index (χ0n) is 52.8. The van der Waals surface area contributed by atoms with Gasteiger partial charge in [0.05, 0.1) is 34.4 Å². The van der Waals surface area contributed by atoms with E-state index in [-0.39, 0.29) is 38.6 Å². The monoisotopic (exact) mass is 1150 g/mol. The molecule has 0 spiro atoms. The van der Waals surface area contributed by atoms with Gasteiger partial charge in [-0.25, -0.2) is 4.79 Å². The fourth-order valence-corrected chi connectivity index (χ4v) is 7.83. The highest BCUT2D eigenvalue weighted by atomic mass is 16.7. The number of nitrogens with zero attached hydrogens (tertiary/aromatic N) is 1. The highest BCUT2D eigenvalue weighted by Gasteiger charge is 2.25. The van der Waals surface area contributed by atoms with Crippen LogP contribution in [-0.2, 0) is 33.3 Å². The van der Waals surface area contributed by atoms with Crippen LogP contribution >= 0.6 is 0 Å². The van der Waals surface area contributed by atoms with Crippen LogP contribution < -0.4 is 0 Å². The molecular weight excluding hydrogens is 1030 g/mol. The first-order chi connectivity index (χ1) is 40.6. The summed E-state index contributed by atoms with van der Waals surface area (Å²) in [6.07, 6.45) is 92.6. The first-order valence-electron chi connectivity index (χ1n) is 31.9. The maximum atomic E-state index is 12.9. The minimum absolute atomic E-state index is 0.170. The molecule has 0 bridgehead atoms. The van der Waals surface area contributed by atoms with Crippen molar-refractivity contribution in [1.29, 1.82) is 0 Å². The van der Waals surface area contributed by atoms with Gasteiger partial charge in [-0.05, 0) is 135 Å². The number of quaternary nitrogens is 1. The lowest BCUT2D eigenvalue weighted by Crippen LogP contribution is -2.40. The van der Waals surface area contributed by atoms with Crippen molar-refractivity contribution in [1.82, 2.24) is 0 Å². The van der Waals surface area contributed by atoms with E-state index in [1.807, 2.05) is 21.1 Å². The highest BCUT2D eigenvalue weighted by molar-refractivity contribution is 5.71. The van der Waals surface area contributed by atoms with E-state index in [1.54, 1.807) is 0 Å². The van der Waals surface area contributed by atoms with Gasteiger partial charge in [-0.2, -0.15) is 0 Å². The number of esters is 2. The van der Waals surface area contributed by atoms with Crippen molar-refractivity contribution < 1.29 is 42.9 Å². The summed E-state index contributed by atoms with van der Waals surface area (Å²) in [6.45, 7) is 4.57. The first-order valence-corrected chi connectivity index (χ1v) is 31.9. The molecule has 0 fully saturated rings. The molecule has 1 N–H and O–H groups in total. The minimum Gasteiger partial charge on any atom is -0.477 e. The Balaban J connectivity index is 4.30. The molecule has 83 heavy (non-hydrogen) atoms. The second-order valence-electron chi connectivity index (χ2n) is 21.6. The quantitative estimate of drug-likeness (QED) is 0.0211. The average Bonchev–Trinajstić information content (AvgIpc) is 3.46. The molecule has 0 rings (SSSR count). The van der Waals surface area contributed by atoms with Crippen molar-refractivity contribution in [2.45, 2.75) is 219 Å². The number of carbonyl (C=O) groups excluding carboxylic acids is 2. The zero-order valence-corrected chi connectivity index (χ0v) is 52.8. The Bertz CT molecular complexity index is 2010. The van der Waals surface area contributed by atoms with Crippen LogP contribution in [0, 0.1) is 0 Å². The molecule has 0 aliphatic carbocycles. The van der Waals surface area contributed by atoms with E-state index in [0.717, 1.165) is 167 Å². The number of rotatable bonds is 56. The van der Waals surface area contributed by atoms with Crippen molar-refractivity contribution in [3.63, 3.8) is 0 Å². The highest BCUT2D eigenvalue weighted by Crippen LogP contribution is 2.13. The largest absolute Gasteiger partial charge is 0.477 e. The molecule has 2 atom stereocenters. The van der Waals surface area contributed by atoms with Gasteiger partial charge >= 0.3 is 17.9 Å². The summed E-state index contributed by atoms with van der Waals surface area (Å²) in [5.74, 6) is -2.08. The fraction of sp³-hybridized carbons (Fsp3) is 0.554. The first kappa shape index (κ1) is 77.4. The van der Waals surface area contributed by atoms with Crippen LogP contribution in [0.4, 0.5) is 0 Å². The molecule has 0 aliphatic heterocycles. The molecule has 0 aromatic heterocycles. The van der Waals surface area contributed by atoms with Crippen LogP contribution in [0.2, 0.25) is 0 Å². The molecule has 0 aromatic carbocycles. The van der Waals surface area contributed by atoms with Gasteiger partial charge in [-0.1, -0.05) is 241 Å². The molecule has 0 saturated heterocycles. The van der Waals surface area contributed by atoms with Crippen LogP contribution in [0.3, 0.4) is 0 Å². The summed E-state index contributed by atoms with van der Waals surface area (Å²) in [4.78, 5) is 37.5. The van der Waals surface area contributed by atoms with E-state index in [0.29, 0.717) is 23.9 Å². The van der Waals surface area contributed by atoms with Gasteiger partial charge in [0.2, 0.25) is 0 Å². The second kappa shape index (κ2) is 62.4. The SMILES string of the molecule is CC/C=C\C/C=C\C/C=C\C/C=C\C/C=C\C/C=C\C/C=C\C/C=C\C/C=C\C/C=C\CCCCCCCCC(=O)OC(COC(=O)CCCCCCC/C=C\C/C=C\C/C=C\C/C=C\C/C=C\CC)COC(OCC[N+](C)(C)C)C(=O)O. The standard InChI is InChI=1S/C74H115NO8/c1-6-8-10-12-14-16-18-20-22-24-26-28-29-30-31-32-33-34-35-36-37-38-39-40-41-42-43-45-47-49-51-53-55-57-59-61-63-65-72(77)83-70(69-82-74(73(78)79)80-67-66-75(3,4)5)68-81-71(76)64-62-60-58-56-54-52-50-48-46-44-27-25-23-21-19-17-15-13-11-9-7-2/h8-11,14-17,20-23,26-28,30-31,33-34,36-37,39-40,42-44,47-50,70,74H,6-7,12-13,18-19,24-25,29,32,35,38,41,45-46,51-69H2,1-5H3/p+1/b10-8-,11-9-,16-14-,17-15-,22-20-,23-21-,28-26-,31-30-,34-33-,37-36-,40-39-,43-42-,44-27-,49-47-,50-48-. The lowest BCUT2D eigenvalue weighted by molar-refractivity contribution is -0.870. The van der Waals surface area contributed by atoms with Gasteiger partial charge < -0.3 is 28.5 Å². The number of hydrogen-bond acceptors (Lipinski definition) is 7. The van der Waals surface area contributed by atoms with Gasteiger partial charge in [0.25, 0.3) is 6.29 Å². The Labute approximate surface area is 507 Å². The third kappa shape index (κ3) is 63.8. The number of hydrogen-bond donors (Lipinski definition) is 1. The van der Waals surface area contributed by atoms with Crippen LogP contribution in [0.15, 0.2) is 182 Å². The predicted octanol–water partition coefficient (Wildman–Crippen LogP) is 19.7. The van der Waals surface area contributed by atoms with Crippen LogP contribution in [0.25, 0.3) is 0 Å². The molecule has 0 aliphatic rings. The zero-order chi connectivity index (χ0) is 60.5. The molecular formula is C74H116NO8+. The van der Waals surface area contributed by atoms with E-state index in [9.17, 15) is 19.5 Å². The Hall–Kier alpha value is -5.61. The number of allylic oxidation sites excluding steroid dienone is 30. The van der Waals surface area contributed by atoms with Crippen LogP contribution in [0.5, 0.6) is 0 Å². The van der Waals surface area contributed by atoms with E-state index >= 15 is 0 Å². The normalized spacial score (nSPS) is 14.0. The molecule has 0 heterocycles. The molecule has 9 heteroatoms. The number of carbonyl (C=O) groups is 3. The van der Waals surface area contributed by atoms with Crippen molar-refractivity contribution in [3.8, 4) is 0 Å². The Morgan fingerprint density at radius 1 is 0.361 bits per heavy atom. The average molecular weight is 1150 g/mol. The van der Waals surface area contributed by atoms with Crippen molar-refractivity contribution in [2.75, 3.05) is 47.5 Å². The predicted molar refractivity (Wildman–Crippen MR) is 354 cm³/mol. The van der Waals surface area contributed by atoms with E-state index in [1.165, 1.54) is 0 Å². The number of aliphatic carboxylic acids is 1. The summed E-state index contributed by atoms with van der Waals surface area (Å²) in [7, 11) is 5.94. The van der Waals surface area contributed by atoms with Crippen molar-refractivity contribution in [2.24, 2.45) is 0 Å². The summed E-state index contributed by atoms with van der Waals surface area (Å²) >= 11 is 0. The number of carboxylic acids is 1. The van der Waals surface area contributed by atoms with E-state index in [4.69, 9.17) is 18.9 Å². The molecule has 0 radical (unpaired) electrons. The smallest absolute Gasteiger partial charge is 0.361 e. The lowest BCUT2D eigenvalue weighted by Gasteiger charge is -2.25. The third-order valence-electron chi connectivity index (χ3n) is 12.7. The maximum Gasteiger partial charge on any atom is 0.361 e. The summed E-state index contributed by atoms with van der Waals surface area (Å²) in [5, 5.41) is 9.72. The van der Waals surface area contributed by atoms with E-state index < -0.39 is 24.3 Å². The Morgan fingerprint density at radius 2 is 0.651 bits per heavy atom. The van der Waals surface area contributed by atoms with Crippen LogP contribution in [0.1, 0.15) is 206 Å². The summed E-state index contributed by atoms with van der Waals surface area (Å²) in [5.41, 5.74) is 0. The maximum absolute atomic E-state index is 12.9. The molecule has 464 valence electrons. The number of unbranched alkanes of at least 4 members (excludes halogenated alkanes) is 11. The van der Waals surface area contributed by atoms with Crippen molar-refractivity contribution in [3.05, 3.63) is 182 Å². The molecule has 2 unspecified atom stereocenters. The second-order valence-corrected chi connectivity index (χ2v) is 21.6. The molecule has 9 nitrogen and oxygen atoms in total. The minimum atomic E-state index is -1.53. The van der Waals surface area contributed by atoms with Gasteiger partial charge in [0.1, 0.15) is 13.2 Å². The van der Waals surface area contributed by atoms with Gasteiger partial charge in [-0.15, -0.1) is 0 Å². The van der Waals surface area contributed by atoms with Gasteiger partial charge in [-0.3, -0.25) is 9.59 Å². The Kier molecular flexibility index (Phi) is 58.2. The number of ether oxygens (including phenoxy) is 4. The number of carboxylic acid groups (broad SMARTS) is 1. The van der Waals surface area contributed by atoms with Gasteiger partial charge in [0.15, 0.2) is 6.10 Å².